The molecule has 0 radical (unpaired) electrons. The van der Waals surface area contributed by atoms with Gasteiger partial charge in [-0.2, -0.15) is 0 Å². The molecule has 2 aliphatic rings. The molecular formula is C17H23NO2S. The van der Waals surface area contributed by atoms with Crippen molar-refractivity contribution in [1.29, 1.82) is 0 Å². The van der Waals surface area contributed by atoms with E-state index in [1.165, 1.54) is 23.3 Å². The van der Waals surface area contributed by atoms with Crippen LogP contribution in [-0.2, 0) is 9.53 Å². The molecule has 3 rings (SSSR count). The second-order valence-corrected chi connectivity index (χ2v) is 7.46. The first-order chi connectivity index (χ1) is 10.2. The van der Waals surface area contributed by atoms with E-state index in [0.717, 1.165) is 26.1 Å². The van der Waals surface area contributed by atoms with Crippen LogP contribution in [0.15, 0.2) is 29.2 Å². The molecule has 0 bridgehead atoms. The first-order valence-electron chi connectivity index (χ1n) is 7.84. The number of esters is 1. The Kier molecular flexibility index (Phi) is 4.86. The SMILES string of the molecule is Cc1cccc(SC2CCN(CC3CCC(=O)O3)CC2)c1. The Labute approximate surface area is 131 Å². The van der Waals surface area contributed by atoms with E-state index in [1.54, 1.807) is 0 Å². The van der Waals surface area contributed by atoms with Crippen LogP contribution in [0.2, 0.25) is 0 Å². The molecule has 2 heterocycles. The maximum Gasteiger partial charge on any atom is 0.306 e. The largest absolute Gasteiger partial charge is 0.461 e. The standard InChI is InChI=1S/C17H23NO2S/c1-13-3-2-4-16(11-13)21-15-7-9-18(10-8-15)12-14-5-6-17(19)20-14/h2-4,11,14-15H,5-10,12H2,1H3. The molecule has 0 aliphatic carbocycles. The predicted molar refractivity (Wildman–Crippen MR) is 85.6 cm³/mol. The summed E-state index contributed by atoms with van der Waals surface area (Å²) in [6, 6.07) is 8.77. The van der Waals surface area contributed by atoms with Crippen LogP contribution in [0.1, 0.15) is 31.2 Å². The first-order valence-corrected chi connectivity index (χ1v) is 8.72. The third kappa shape index (κ3) is 4.24. The highest BCUT2D eigenvalue weighted by Crippen LogP contribution is 2.31. The summed E-state index contributed by atoms with van der Waals surface area (Å²) in [4.78, 5) is 15.0. The van der Waals surface area contributed by atoms with Gasteiger partial charge in [0.2, 0.25) is 0 Å². The first kappa shape index (κ1) is 14.9. The van der Waals surface area contributed by atoms with E-state index in [-0.39, 0.29) is 12.1 Å². The van der Waals surface area contributed by atoms with Gasteiger partial charge in [0.1, 0.15) is 6.10 Å². The fourth-order valence-corrected chi connectivity index (χ4v) is 4.33. The van der Waals surface area contributed by atoms with E-state index in [1.807, 2.05) is 11.8 Å². The Morgan fingerprint density at radius 2 is 2.10 bits per heavy atom. The molecule has 0 N–H and O–H groups in total. The minimum Gasteiger partial charge on any atom is -0.461 e. The number of carbonyl (C=O) groups excluding carboxylic acids is 1. The Bertz CT molecular complexity index is 497. The van der Waals surface area contributed by atoms with Gasteiger partial charge in [-0.15, -0.1) is 11.8 Å². The smallest absolute Gasteiger partial charge is 0.306 e. The lowest BCUT2D eigenvalue weighted by atomic mass is 10.1. The van der Waals surface area contributed by atoms with Crippen molar-refractivity contribution in [3.8, 4) is 0 Å². The van der Waals surface area contributed by atoms with Crippen molar-refractivity contribution in [2.45, 2.75) is 48.9 Å². The zero-order valence-electron chi connectivity index (χ0n) is 12.6. The predicted octanol–water partition coefficient (Wildman–Crippen LogP) is 3.26. The maximum atomic E-state index is 11.1. The molecule has 2 aliphatic heterocycles. The van der Waals surface area contributed by atoms with Crippen molar-refractivity contribution >= 4 is 17.7 Å². The number of cyclic esters (lactones) is 1. The zero-order valence-corrected chi connectivity index (χ0v) is 13.4. The molecule has 3 nitrogen and oxygen atoms in total. The summed E-state index contributed by atoms with van der Waals surface area (Å²) in [5, 5.41) is 0.717. The number of piperidine rings is 1. The number of carbonyl (C=O) groups is 1. The lowest BCUT2D eigenvalue weighted by Crippen LogP contribution is -2.39. The van der Waals surface area contributed by atoms with Crippen LogP contribution in [-0.4, -0.2) is 41.9 Å². The summed E-state index contributed by atoms with van der Waals surface area (Å²) in [6.07, 6.45) is 4.08. The average molecular weight is 305 g/mol. The second-order valence-electron chi connectivity index (χ2n) is 6.08. The number of ether oxygens (including phenoxy) is 1. The molecule has 2 fully saturated rings. The Balaban J connectivity index is 1.43. The van der Waals surface area contributed by atoms with Crippen LogP contribution in [0.25, 0.3) is 0 Å². The maximum absolute atomic E-state index is 11.1. The fourth-order valence-electron chi connectivity index (χ4n) is 3.09. The summed E-state index contributed by atoms with van der Waals surface area (Å²) >= 11 is 2.01. The third-order valence-corrected chi connectivity index (χ3v) is 5.59. The number of rotatable bonds is 4. The highest BCUT2D eigenvalue weighted by atomic mass is 32.2. The number of thioether (sulfide) groups is 1. The molecule has 21 heavy (non-hydrogen) atoms. The van der Waals surface area contributed by atoms with Crippen molar-refractivity contribution in [1.82, 2.24) is 4.90 Å². The highest BCUT2D eigenvalue weighted by Gasteiger charge is 2.27. The van der Waals surface area contributed by atoms with Gasteiger partial charge >= 0.3 is 5.97 Å². The van der Waals surface area contributed by atoms with E-state index < -0.39 is 0 Å². The fraction of sp³-hybridized carbons (Fsp3) is 0.588. The van der Waals surface area contributed by atoms with Crippen LogP contribution >= 0.6 is 11.8 Å². The van der Waals surface area contributed by atoms with E-state index >= 15 is 0 Å². The summed E-state index contributed by atoms with van der Waals surface area (Å²) in [5.41, 5.74) is 1.33. The summed E-state index contributed by atoms with van der Waals surface area (Å²) in [5.74, 6) is -0.0233. The van der Waals surface area contributed by atoms with Crippen LogP contribution in [0.4, 0.5) is 0 Å². The molecular weight excluding hydrogens is 282 g/mol. The van der Waals surface area contributed by atoms with Crippen molar-refractivity contribution in [3.05, 3.63) is 29.8 Å². The molecule has 1 aromatic carbocycles. The number of likely N-dealkylation sites (tertiary alicyclic amines) is 1. The molecule has 0 aromatic heterocycles. The summed E-state index contributed by atoms with van der Waals surface area (Å²) < 4.78 is 5.31. The molecule has 0 saturated carbocycles. The Hall–Kier alpha value is -1.00. The Morgan fingerprint density at radius 1 is 1.29 bits per heavy atom. The number of hydrogen-bond donors (Lipinski definition) is 0. The third-order valence-electron chi connectivity index (χ3n) is 4.26. The number of nitrogens with zero attached hydrogens (tertiary/aromatic N) is 1. The van der Waals surface area contributed by atoms with Crippen molar-refractivity contribution in [2.75, 3.05) is 19.6 Å². The average Bonchev–Trinajstić information content (AvgIpc) is 2.86. The molecule has 4 heteroatoms. The highest BCUT2D eigenvalue weighted by molar-refractivity contribution is 8.00. The monoisotopic (exact) mass is 305 g/mol. The number of aryl methyl sites for hydroxylation is 1. The van der Waals surface area contributed by atoms with Gasteiger partial charge in [-0.25, -0.2) is 0 Å². The van der Waals surface area contributed by atoms with Crippen LogP contribution < -0.4 is 0 Å². The molecule has 0 spiro atoms. The molecule has 1 unspecified atom stereocenters. The van der Waals surface area contributed by atoms with Gasteiger partial charge in [0.25, 0.3) is 0 Å². The van der Waals surface area contributed by atoms with Gasteiger partial charge in [0.05, 0.1) is 0 Å². The summed E-state index contributed by atoms with van der Waals surface area (Å²) in [6.45, 7) is 5.32. The molecule has 2 saturated heterocycles. The zero-order chi connectivity index (χ0) is 14.7. The van der Waals surface area contributed by atoms with Gasteiger partial charge in [-0.05, 0) is 51.4 Å². The second kappa shape index (κ2) is 6.84. The van der Waals surface area contributed by atoms with Crippen molar-refractivity contribution < 1.29 is 9.53 Å². The van der Waals surface area contributed by atoms with Crippen LogP contribution in [0.3, 0.4) is 0 Å². The molecule has 114 valence electrons. The lowest BCUT2D eigenvalue weighted by molar-refractivity contribution is -0.142. The van der Waals surface area contributed by atoms with Crippen LogP contribution in [0, 0.1) is 6.92 Å². The van der Waals surface area contributed by atoms with Gasteiger partial charge < -0.3 is 4.74 Å². The van der Waals surface area contributed by atoms with E-state index in [9.17, 15) is 4.79 Å². The Morgan fingerprint density at radius 3 is 2.76 bits per heavy atom. The van der Waals surface area contributed by atoms with Gasteiger partial charge in [0.15, 0.2) is 0 Å². The topological polar surface area (TPSA) is 29.5 Å². The normalized spacial score (nSPS) is 24.2. The van der Waals surface area contributed by atoms with Gasteiger partial charge in [0, 0.05) is 23.1 Å². The van der Waals surface area contributed by atoms with Gasteiger partial charge in [-0.1, -0.05) is 17.7 Å². The van der Waals surface area contributed by atoms with Crippen molar-refractivity contribution in [2.24, 2.45) is 0 Å². The molecule has 1 aromatic rings. The molecule has 0 amide bonds. The van der Waals surface area contributed by atoms with Crippen molar-refractivity contribution in [3.63, 3.8) is 0 Å². The minimum atomic E-state index is -0.0233. The van der Waals surface area contributed by atoms with Gasteiger partial charge in [-0.3, -0.25) is 9.69 Å². The minimum absolute atomic E-state index is 0.0233. The number of benzene rings is 1. The quantitative estimate of drug-likeness (QED) is 0.799. The molecule has 1 atom stereocenters. The van der Waals surface area contributed by atoms with Crippen LogP contribution in [0.5, 0.6) is 0 Å². The van der Waals surface area contributed by atoms with E-state index in [2.05, 4.69) is 36.1 Å². The van der Waals surface area contributed by atoms with E-state index in [4.69, 9.17) is 4.74 Å². The lowest BCUT2D eigenvalue weighted by Gasteiger charge is -2.32. The van der Waals surface area contributed by atoms with E-state index in [0.29, 0.717) is 11.7 Å². The summed E-state index contributed by atoms with van der Waals surface area (Å²) in [7, 11) is 0. The number of hydrogen-bond acceptors (Lipinski definition) is 4.